The van der Waals surface area contributed by atoms with Gasteiger partial charge in [-0.1, -0.05) is 20.8 Å². The van der Waals surface area contributed by atoms with Crippen LogP contribution in [0.2, 0.25) is 0 Å². The molecule has 0 N–H and O–H groups in total. The Morgan fingerprint density at radius 1 is 1.44 bits per heavy atom. The van der Waals surface area contributed by atoms with Gasteiger partial charge in [0.1, 0.15) is 12.2 Å². The number of rotatable bonds is 7. The van der Waals surface area contributed by atoms with Gasteiger partial charge in [-0.15, -0.1) is 11.6 Å². The first-order valence-electron chi connectivity index (χ1n) is 6.14. The quantitative estimate of drug-likeness (QED) is 0.689. The average molecular weight is 244 g/mol. The first kappa shape index (κ1) is 13.5. The zero-order valence-corrected chi connectivity index (χ0v) is 11.2. The zero-order valence-electron chi connectivity index (χ0n) is 10.5. The number of halogens is 1. The second kappa shape index (κ2) is 6.89. The van der Waals surface area contributed by atoms with Crippen molar-refractivity contribution in [2.75, 3.05) is 0 Å². The van der Waals surface area contributed by atoms with Crippen LogP contribution in [0, 0.1) is 5.92 Å². The van der Waals surface area contributed by atoms with Crippen molar-refractivity contribution in [2.45, 2.75) is 58.4 Å². The standard InChI is InChI=1S/C12H22ClN3/c1-4-11(13)6-5-7-12-14-9-15-16(12)8-10(2)3/h9-11H,4-8H2,1-3H3. The van der Waals surface area contributed by atoms with E-state index >= 15 is 0 Å². The Morgan fingerprint density at radius 2 is 2.19 bits per heavy atom. The van der Waals surface area contributed by atoms with Gasteiger partial charge < -0.3 is 0 Å². The van der Waals surface area contributed by atoms with Crippen molar-refractivity contribution in [3.05, 3.63) is 12.2 Å². The molecule has 4 heteroatoms. The molecule has 0 amide bonds. The van der Waals surface area contributed by atoms with Crippen LogP contribution < -0.4 is 0 Å². The Hall–Kier alpha value is -0.570. The number of aryl methyl sites for hydroxylation is 1. The third-order valence-electron chi connectivity index (χ3n) is 2.59. The van der Waals surface area contributed by atoms with Crippen LogP contribution in [0.5, 0.6) is 0 Å². The van der Waals surface area contributed by atoms with Gasteiger partial charge in [0, 0.05) is 18.3 Å². The lowest BCUT2D eigenvalue weighted by atomic mass is 10.1. The molecule has 0 aliphatic rings. The topological polar surface area (TPSA) is 30.7 Å². The Balaban J connectivity index is 2.38. The van der Waals surface area contributed by atoms with E-state index in [1.165, 1.54) is 0 Å². The predicted molar refractivity (Wildman–Crippen MR) is 67.7 cm³/mol. The van der Waals surface area contributed by atoms with Crippen LogP contribution in [0.4, 0.5) is 0 Å². The number of nitrogens with zero attached hydrogens (tertiary/aromatic N) is 3. The Bertz CT molecular complexity index is 296. The SMILES string of the molecule is CCC(Cl)CCCc1ncnn1CC(C)C. The van der Waals surface area contributed by atoms with Gasteiger partial charge in [0.2, 0.25) is 0 Å². The highest BCUT2D eigenvalue weighted by molar-refractivity contribution is 6.20. The lowest BCUT2D eigenvalue weighted by Crippen LogP contribution is -2.10. The summed E-state index contributed by atoms with van der Waals surface area (Å²) in [7, 11) is 0. The number of hydrogen-bond acceptors (Lipinski definition) is 2. The van der Waals surface area contributed by atoms with Crippen molar-refractivity contribution >= 4 is 11.6 Å². The van der Waals surface area contributed by atoms with E-state index in [0.29, 0.717) is 11.3 Å². The molecule has 1 heterocycles. The summed E-state index contributed by atoms with van der Waals surface area (Å²) in [5.74, 6) is 1.70. The molecule has 1 aromatic rings. The molecule has 1 atom stereocenters. The van der Waals surface area contributed by atoms with Gasteiger partial charge in [-0.3, -0.25) is 0 Å². The van der Waals surface area contributed by atoms with Crippen molar-refractivity contribution in [3.63, 3.8) is 0 Å². The Labute approximate surface area is 103 Å². The molecule has 0 spiro atoms. The molecule has 1 aromatic heterocycles. The average Bonchev–Trinajstić information content (AvgIpc) is 2.64. The Morgan fingerprint density at radius 3 is 2.81 bits per heavy atom. The largest absolute Gasteiger partial charge is 0.250 e. The highest BCUT2D eigenvalue weighted by Crippen LogP contribution is 2.12. The van der Waals surface area contributed by atoms with E-state index in [0.717, 1.165) is 38.1 Å². The fourth-order valence-corrected chi connectivity index (χ4v) is 1.82. The summed E-state index contributed by atoms with van der Waals surface area (Å²) in [6, 6.07) is 0. The molecule has 1 rings (SSSR count). The lowest BCUT2D eigenvalue weighted by molar-refractivity contribution is 0.462. The molecule has 92 valence electrons. The van der Waals surface area contributed by atoms with Crippen LogP contribution >= 0.6 is 11.6 Å². The number of hydrogen-bond donors (Lipinski definition) is 0. The lowest BCUT2D eigenvalue weighted by Gasteiger charge is -2.09. The zero-order chi connectivity index (χ0) is 12.0. The molecule has 0 fully saturated rings. The third kappa shape index (κ3) is 4.52. The summed E-state index contributed by atoms with van der Waals surface area (Å²) >= 11 is 6.09. The number of aromatic nitrogens is 3. The van der Waals surface area contributed by atoms with Gasteiger partial charge in [-0.05, 0) is 25.2 Å². The van der Waals surface area contributed by atoms with Gasteiger partial charge in [-0.25, -0.2) is 9.67 Å². The molecule has 0 bridgehead atoms. The third-order valence-corrected chi connectivity index (χ3v) is 3.12. The minimum absolute atomic E-state index is 0.307. The fourth-order valence-electron chi connectivity index (χ4n) is 1.67. The second-order valence-electron chi connectivity index (χ2n) is 4.65. The van der Waals surface area contributed by atoms with E-state index in [2.05, 4.69) is 30.9 Å². The normalized spacial score (nSPS) is 13.3. The van der Waals surface area contributed by atoms with Crippen LogP contribution in [0.15, 0.2) is 6.33 Å². The molecule has 16 heavy (non-hydrogen) atoms. The molecular formula is C12H22ClN3. The molecule has 0 radical (unpaired) electrons. The van der Waals surface area contributed by atoms with E-state index in [1.807, 2.05) is 4.68 Å². The van der Waals surface area contributed by atoms with Crippen molar-refractivity contribution in [1.29, 1.82) is 0 Å². The molecule has 0 aliphatic heterocycles. The maximum Gasteiger partial charge on any atom is 0.138 e. The van der Waals surface area contributed by atoms with Gasteiger partial charge in [0.15, 0.2) is 0 Å². The molecule has 0 saturated carbocycles. The van der Waals surface area contributed by atoms with E-state index in [-0.39, 0.29) is 0 Å². The first-order valence-corrected chi connectivity index (χ1v) is 6.57. The smallest absolute Gasteiger partial charge is 0.138 e. The van der Waals surface area contributed by atoms with Crippen molar-refractivity contribution in [3.8, 4) is 0 Å². The maximum atomic E-state index is 6.09. The molecule has 0 aliphatic carbocycles. The van der Waals surface area contributed by atoms with Gasteiger partial charge in [0.25, 0.3) is 0 Å². The summed E-state index contributed by atoms with van der Waals surface area (Å²) in [6.07, 6.45) is 5.83. The molecular weight excluding hydrogens is 222 g/mol. The summed E-state index contributed by atoms with van der Waals surface area (Å²) < 4.78 is 2.01. The minimum Gasteiger partial charge on any atom is -0.250 e. The van der Waals surface area contributed by atoms with Crippen molar-refractivity contribution in [2.24, 2.45) is 5.92 Å². The highest BCUT2D eigenvalue weighted by Gasteiger charge is 2.07. The van der Waals surface area contributed by atoms with Crippen molar-refractivity contribution in [1.82, 2.24) is 14.8 Å². The van der Waals surface area contributed by atoms with E-state index in [4.69, 9.17) is 11.6 Å². The van der Waals surface area contributed by atoms with Gasteiger partial charge >= 0.3 is 0 Å². The molecule has 1 unspecified atom stereocenters. The first-order chi connectivity index (χ1) is 7.63. The van der Waals surface area contributed by atoms with Crippen LogP contribution in [0.3, 0.4) is 0 Å². The van der Waals surface area contributed by atoms with Crippen LogP contribution in [-0.2, 0) is 13.0 Å². The van der Waals surface area contributed by atoms with Crippen LogP contribution in [-0.4, -0.2) is 20.1 Å². The summed E-state index contributed by atoms with van der Waals surface area (Å²) in [6.45, 7) is 7.46. The summed E-state index contributed by atoms with van der Waals surface area (Å²) in [4.78, 5) is 4.30. The maximum absolute atomic E-state index is 6.09. The van der Waals surface area contributed by atoms with Crippen LogP contribution in [0.1, 0.15) is 45.9 Å². The molecule has 0 aromatic carbocycles. The second-order valence-corrected chi connectivity index (χ2v) is 5.27. The van der Waals surface area contributed by atoms with E-state index < -0.39 is 0 Å². The van der Waals surface area contributed by atoms with Gasteiger partial charge in [-0.2, -0.15) is 5.10 Å². The van der Waals surface area contributed by atoms with Crippen molar-refractivity contribution < 1.29 is 0 Å². The van der Waals surface area contributed by atoms with Crippen LogP contribution in [0.25, 0.3) is 0 Å². The highest BCUT2D eigenvalue weighted by atomic mass is 35.5. The monoisotopic (exact) mass is 243 g/mol. The van der Waals surface area contributed by atoms with Gasteiger partial charge in [0.05, 0.1) is 0 Å². The predicted octanol–water partition coefficient (Wildman–Crippen LogP) is 3.27. The van der Waals surface area contributed by atoms with E-state index in [9.17, 15) is 0 Å². The molecule has 3 nitrogen and oxygen atoms in total. The number of alkyl halides is 1. The summed E-state index contributed by atoms with van der Waals surface area (Å²) in [5.41, 5.74) is 0. The van der Waals surface area contributed by atoms with E-state index in [1.54, 1.807) is 6.33 Å². The minimum atomic E-state index is 0.307. The Kier molecular flexibility index (Phi) is 5.81. The molecule has 0 saturated heterocycles. The fraction of sp³-hybridized carbons (Fsp3) is 0.833. The summed E-state index contributed by atoms with van der Waals surface area (Å²) in [5, 5.41) is 4.55.